The summed E-state index contributed by atoms with van der Waals surface area (Å²) in [6.07, 6.45) is 3.44. The van der Waals surface area contributed by atoms with Crippen molar-refractivity contribution in [2.45, 2.75) is 38.0 Å². The number of carbonyl (C=O) groups is 2. The molecule has 35 heavy (non-hydrogen) atoms. The Bertz CT molecular complexity index is 1390. The molecular formula is C24H24N6O4S. The summed E-state index contributed by atoms with van der Waals surface area (Å²) in [5.74, 6) is 0.946. The second-order valence-electron chi connectivity index (χ2n) is 8.55. The van der Waals surface area contributed by atoms with Gasteiger partial charge in [0.05, 0.1) is 12.5 Å². The van der Waals surface area contributed by atoms with Crippen LogP contribution in [0.3, 0.4) is 0 Å². The Morgan fingerprint density at radius 2 is 1.91 bits per heavy atom. The van der Waals surface area contributed by atoms with Crippen molar-refractivity contribution in [3.05, 3.63) is 52.4 Å². The molecule has 0 saturated heterocycles. The van der Waals surface area contributed by atoms with E-state index in [-0.39, 0.29) is 11.9 Å². The topological polar surface area (TPSA) is 145 Å². The molecule has 0 spiro atoms. The number of fused-ring (bicyclic) bond motifs is 1. The third kappa shape index (κ3) is 4.08. The zero-order valence-corrected chi connectivity index (χ0v) is 20.1. The Morgan fingerprint density at radius 3 is 2.54 bits per heavy atom. The molecule has 1 aliphatic rings. The van der Waals surface area contributed by atoms with Gasteiger partial charge in [0.2, 0.25) is 5.91 Å². The fraction of sp³-hybridized carbons (Fsp3) is 0.292. The van der Waals surface area contributed by atoms with Crippen LogP contribution in [0.4, 0.5) is 5.95 Å². The summed E-state index contributed by atoms with van der Waals surface area (Å²) < 4.78 is 12.6. The zero-order valence-electron chi connectivity index (χ0n) is 19.3. The molecule has 1 aliphatic carbocycles. The SMILES string of the molecule is COc1cc2c(Oc3ccc(C4(C(N)=O)CCCC4)cc3)c(C(=O)Nc3nn[nH]n3)sc2cc1C. The van der Waals surface area contributed by atoms with E-state index < -0.39 is 11.3 Å². The normalized spacial score (nSPS) is 14.7. The number of anilines is 1. The number of thiophene rings is 1. The van der Waals surface area contributed by atoms with Gasteiger partial charge in [-0.2, -0.15) is 5.21 Å². The van der Waals surface area contributed by atoms with E-state index in [0.29, 0.717) is 22.1 Å². The number of aromatic amines is 1. The molecule has 0 unspecified atom stereocenters. The molecule has 0 aliphatic heterocycles. The third-order valence-corrected chi connectivity index (χ3v) is 7.63. The van der Waals surface area contributed by atoms with E-state index >= 15 is 0 Å². The largest absolute Gasteiger partial charge is 0.496 e. The molecule has 0 bridgehead atoms. The number of nitrogens with zero attached hydrogens (tertiary/aromatic N) is 3. The highest BCUT2D eigenvalue weighted by Crippen LogP contribution is 2.44. The predicted octanol–water partition coefficient (Wildman–Crippen LogP) is 4.07. The Hall–Kier alpha value is -3.99. The number of tetrazole rings is 1. The number of primary amides is 1. The molecule has 2 aromatic carbocycles. The Kier molecular flexibility index (Phi) is 5.85. The predicted molar refractivity (Wildman–Crippen MR) is 131 cm³/mol. The number of aryl methyl sites for hydroxylation is 1. The van der Waals surface area contributed by atoms with Crippen molar-refractivity contribution in [2.24, 2.45) is 5.73 Å². The Balaban J connectivity index is 1.53. The van der Waals surface area contributed by atoms with E-state index in [1.54, 1.807) is 19.2 Å². The van der Waals surface area contributed by atoms with E-state index in [1.165, 1.54) is 11.3 Å². The quantitative estimate of drug-likeness (QED) is 0.352. The van der Waals surface area contributed by atoms with Crippen molar-refractivity contribution in [1.29, 1.82) is 0 Å². The molecule has 10 nitrogen and oxygen atoms in total. The van der Waals surface area contributed by atoms with E-state index in [2.05, 4.69) is 25.9 Å². The molecule has 2 heterocycles. The van der Waals surface area contributed by atoms with Gasteiger partial charge in [-0.3, -0.25) is 14.9 Å². The molecule has 1 fully saturated rings. The van der Waals surface area contributed by atoms with E-state index in [4.69, 9.17) is 15.2 Å². The summed E-state index contributed by atoms with van der Waals surface area (Å²) in [5, 5.41) is 16.7. The maximum absolute atomic E-state index is 13.1. The Labute approximate surface area is 204 Å². The standard InChI is InChI=1S/C24H24N6O4S/c1-13-11-18-16(12-17(13)33-2)19(20(35-18)21(31)26-23-27-29-30-28-23)34-15-7-5-14(6-8-15)24(22(25)32)9-3-4-10-24/h5-8,11-12H,3-4,9-10H2,1-2H3,(H2,25,32)(H2,26,27,28,29,30,31). The van der Waals surface area contributed by atoms with Crippen LogP contribution in [0.25, 0.3) is 10.1 Å². The zero-order chi connectivity index (χ0) is 24.6. The van der Waals surface area contributed by atoms with E-state index in [1.807, 2.05) is 31.2 Å². The summed E-state index contributed by atoms with van der Waals surface area (Å²) in [7, 11) is 1.60. The first kappa shape index (κ1) is 22.8. The fourth-order valence-corrected chi connectivity index (χ4v) is 5.77. The molecule has 2 amide bonds. The van der Waals surface area contributed by atoms with E-state index in [9.17, 15) is 9.59 Å². The van der Waals surface area contributed by atoms with Gasteiger partial charge in [0.25, 0.3) is 11.9 Å². The van der Waals surface area contributed by atoms with Crippen LogP contribution in [-0.4, -0.2) is 39.5 Å². The van der Waals surface area contributed by atoms with Crippen LogP contribution in [0.15, 0.2) is 36.4 Å². The number of amides is 2. The second-order valence-corrected chi connectivity index (χ2v) is 9.60. The summed E-state index contributed by atoms with van der Waals surface area (Å²) in [4.78, 5) is 25.7. The van der Waals surface area contributed by atoms with Gasteiger partial charge in [-0.25, -0.2) is 0 Å². The number of benzene rings is 2. The smallest absolute Gasteiger partial charge is 0.272 e. The average molecular weight is 493 g/mol. The summed E-state index contributed by atoms with van der Waals surface area (Å²) >= 11 is 1.29. The van der Waals surface area contributed by atoms with E-state index in [0.717, 1.165) is 46.9 Å². The van der Waals surface area contributed by atoms with Crippen LogP contribution in [-0.2, 0) is 10.2 Å². The maximum atomic E-state index is 13.1. The molecular weight excluding hydrogens is 468 g/mol. The number of rotatable bonds is 7. The minimum Gasteiger partial charge on any atom is -0.496 e. The highest BCUT2D eigenvalue weighted by molar-refractivity contribution is 7.21. The van der Waals surface area contributed by atoms with Crippen LogP contribution in [0, 0.1) is 6.92 Å². The molecule has 4 aromatic rings. The lowest BCUT2D eigenvalue weighted by molar-refractivity contribution is -0.123. The lowest BCUT2D eigenvalue weighted by Gasteiger charge is -2.25. The van der Waals surface area contributed by atoms with Crippen molar-refractivity contribution in [3.63, 3.8) is 0 Å². The van der Waals surface area contributed by atoms with Crippen LogP contribution in [0.2, 0.25) is 0 Å². The lowest BCUT2D eigenvalue weighted by atomic mass is 9.78. The van der Waals surface area contributed by atoms with Crippen LogP contribution < -0.4 is 20.5 Å². The van der Waals surface area contributed by atoms with Crippen molar-refractivity contribution < 1.29 is 19.1 Å². The molecule has 4 N–H and O–H groups in total. The summed E-state index contributed by atoms with van der Waals surface area (Å²) in [5.41, 5.74) is 6.98. The van der Waals surface area contributed by atoms with Gasteiger partial charge in [-0.15, -0.1) is 16.4 Å². The Morgan fingerprint density at radius 1 is 1.17 bits per heavy atom. The van der Waals surface area contributed by atoms with Gasteiger partial charge >= 0.3 is 0 Å². The first-order chi connectivity index (χ1) is 16.9. The number of hydrogen-bond donors (Lipinski definition) is 3. The molecule has 2 aromatic heterocycles. The number of carbonyl (C=O) groups excluding carboxylic acids is 2. The highest BCUT2D eigenvalue weighted by Gasteiger charge is 2.41. The molecule has 0 atom stereocenters. The van der Waals surface area contributed by atoms with Crippen LogP contribution >= 0.6 is 11.3 Å². The number of ether oxygens (including phenoxy) is 2. The highest BCUT2D eigenvalue weighted by atomic mass is 32.1. The fourth-order valence-electron chi connectivity index (χ4n) is 4.66. The molecule has 11 heteroatoms. The van der Waals surface area contributed by atoms with Crippen LogP contribution in [0.1, 0.15) is 46.5 Å². The molecule has 5 rings (SSSR count). The second kappa shape index (κ2) is 8.99. The van der Waals surface area contributed by atoms with Crippen LogP contribution in [0.5, 0.6) is 17.2 Å². The average Bonchev–Trinajstić information content (AvgIpc) is 3.60. The van der Waals surface area contributed by atoms with Crippen molar-refractivity contribution in [3.8, 4) is 17.2 Å². The van der Waals surface area contributed by atoms with Gasteiger partial charge in [0.1, 0.15) is 16.4 Å². The number of nitrogens with two attached hydrogens (primary N) is 1. The summed E-state index contributed by atoms with van der Waals surface area (Å²) in [6.45, 7) is 1.94. The first-order valence-electron chi connectivity index (χ1n) is 11.2. The number of methoxy groups -OCH3 is 1. The number of aromatic nitrogens is 4. The van der Waals surface area contributed by atoms with Gasteiger partial charge in [-0.1, -0.05) is 30.1 Å². The van der Waals surface area contributed by atoms with Crippen molar-refractivity contribution in [1.82, 2.24) is 20.6 Å². The lowest BCUT2D eigenvalue weighted by Crippen LogP contribution is -2.38. The van der Waals surface area contributed by atoms with Crippen molar-refractivity contribution in [2.75, 3.05) is 12.4 Å². The maximum Gasteiger partial charge on any atom is 0.272 e. The number of nitrogens with one attached hydrogen (secondary N) is 2. The number of H-pyrrole nitrogens is 1. The van der Waals surface area contributed by atoms with Gasteiger partial charge < -0.3 is 15.2 Å². The summed E-state index contributed by atoms with van der Waals surface area (Å²) in [6, 6.07) is 11.2. The monoisotopic (exact) mass is 492 g/mol. The van der Waals surface area contributed by atoms with Crippen molar-refractivity contribution >= 4 is 39.2 Å². The van der Waals surface area contributed by atoms with Gasteiger partial charge in [-0.05, 0) is 60.4 Å². The molecule has 1 saturated carbocycles. The molecule has 0 radical (unpaired) electrons. The molecule has 180 valence electrons. The first-order valence-corrected chi connectivity index (χ1v) is 12.0. The van der Waals surface area contributed by atoms with Gasteiger partial charge in [0.15, 0.2) is 5.75 Å². The number of hydrogen-bond acceptors (Lipinski definition) is 8. The third-order valence-electron chi connectivity index (χ3n) is 6.49. The minimum absolute atomic E-state index is 0.0600. The van der Waals surface area contributed by atoms with Gasteiger partial charge in [0, 0.05) is 10.1 Å². The minimum atomic E-state index is -0.631.